The van der Waals surface area contributed by atoms with Crippen molar-refractivity contribution in [3.05, 3.63) is 34.5 Å². The number of urea groups is 1. The minimum atomic E-state index is -0.125. The van der Waals surface area contributed by atoms with Crippen LogP contribution in [0.3, 0.4) is 0 Å². The number of carbonyl (C=O) groups excluding carboxylic acids is 1. The Hall–Kier alpha value is -3.07. The van der Waals surface area contributed by atoms with Gasteiger partial charge in [-0.05, 0) is 49.3 Å². The van der Waals surface area contributed by atoms with E-state index >= 15 is 0 Å². The van der Waals surface area contributed by atoms with E-state index in [1.165, 1.54) is 22.2 Å². The van der Waals surface area contributed by atoms with Gasteiger partial charge in [0.15, 0.2) is 0 Å². The highest BCUT2D eigenvalue weighted by atomic mass is 32.1. The zero-order valence-electron chi connectivity index (χ0n) is 21.6. The fourth-order valence-electron chi connectivity index (χ4n) is 5.15. The molecule has 1 saturated heterocycles. The molecule has 1 fully saturated rings. The van der Waals surface area contributed by atoms with Crippen LogP contribution in [0.1, 0.15) is 43.0 Å². The SMILES string of the molecule is CCCc1nc(N2CCN(C(=O)Nc3ccc(OC)cc3OC)CC2)c2c3c(sc2n1)C[C@H](C)CC3. The second-order valence-electron chi connectivity index (χ2n) is 9.72. The number of hydrogen-bond donors (Lipinski definition) is 1. The van der Waals surface area contributed by atoms with Crippen molar-refractivity contribution in [3.63, 3.8) is 0 Å². The van der Waals surface area contributed by atoms with Crippen molar-refractivity contribution in [2.24, 2.45) is 5.92 Å². The smallest absolute Gasteiger partial charge is 0.322 e. The number of thiophene rings is 1. The molecule has 1 atom stereocenters. The van der Waals surface area contributed by atoms with E-state index in [0.717, 1.165) is 61.2 Å². The van der Waals surface area contributed by atoms with Crippen LogP contribution in [-0.2, 0) is 19.3 Å². The standard InChI is InChI=1S/C27H35N5O3S/c1-5-6-23-29-25(24-19-9-7-17(2)15-22(19)36-26(24)30-23)31-11-13-32(14-12-31)27(33)28-20-10-8-18(34-3)16-21(20)35-4/h8,10,16-17H,5-7,9,11-15H2,1-4H3,(H,28,33)/t17-/m1/s1. The first-order valence-electron chi connectivity index (χ1n) is 12.8. The molecule has 0 bridgehead atoms. The number of aryl methyl sites for hydroxylation is 2. The Labute approximate surface area is 216 Å². The average molecular weight is 510 g/mol. The maximum Gasteiger partial charge on any atom is 0.322 e. The first kappa shape index (κ1) is 24.6. The van der Waals surface area contributed by atoms with Crippen LogP contribution >= 0.6 is 11.3 Å². The Balaban J connectivity index is 1.34. The van der Waals surface area contributed by atoms with Gasteiger partial charge in [-0.2, -0.15) is 0 Å². The summed E-state index contributed by atoms with van der Waals surface area (Å²) in [6.07, 6.45) is 5.37. The molecule has 3 aromatic rings. The fourth-order valence-corrected chi connectivity index (χ4v) is 6.54. The maximum absolute atomic E-state index is 13.1. The summed E-state index contributed by atoms with van der Waals surface area (Å²) >= 11 is 1.86. The molecule has 1 N–H and O–H groups in total. The van der Waals surface area contributed by atoms with Crippen LogP contribution in [0, 0.1) is 5.92 Å². The van der Waals surface area contributed by atoms with Crippen LogP contribution in [0.5, 0.6) is 11.5 Å². The zero-order chi connectivity index (χ0) is 25.2. The third kappa shape index (κ3) is 4.81. The average Bonchev–Trinajstić information content (AvgIpc) is 3.26. The Morgan fingerprint density at radius 2 is 1.97 bits per heavy atom. The summed E-state index contributed by atoms with van der Waals surface area (Å²) in [4.78, 5) is 29.9. The first-order valence-corrected chi connectivity index (χ1v) is 13.7. The predicted octanol–water partition coefficient (Wildman–Crippen LogP) is 5.14. The molecule has 1 aliphatic heterocycles. The topological polar surface area (TPSA) is 79.8 Å². The Bertz CT molecular complexity index is 1250. The molecule has 1 aliphatic carbocycles. The summed E-state index contributed by atoms with van der Waals surface area (Å²) in [5, 5.41) is 4.25. The summed E-state index contributed by atoms with van der Waals surface area (Å²) in [7, 11) is 3.19. The number of carbonyl (C=O) groups is 1. The molecular formula is C27H35N5O3S. The van der Waals surface area contributed by atoms with Crippen molar-refractivity contribution in [1.29, 1.82) is 0 Å². The number of methoxy groups -OCH3 is 2. The van der Waals surface area contributed by atoms with Crippen molar-refractivity contribution in [2.45, 2.75) is 46.0 Å². The molecule has 0 spiro atoms. The number of piperazine rings is 1. The molecule has 5 rings (SSSR count). The predicted molar refractivity (Wildman–Crippen MR) is 145 cm³/mol. The highest BCUT2D eigenvalue weighted by Gasteiger charge is 2.28. The van der Waals surface area contributed by atoms with Gasteiger partial charge in [-0.25, -0.2) is 14.8 Å². The molecule has 9 heteroatoms. The van der Waals surface area contributed by atoms with Crippen LogP contribution in [0.4, 0.5) is 16.3 Å². The van der Waals surface area contributed by atoms with Crippen LogP contribution in [0.2, 0.25) is 0 Å². The molecule has 8 nitrogen and oxygen atoms in total. The minimum absolute atomic E-state index is 0.125. The first-order chi connectivity index (χ1) is 17.5. The van der Waals surface area contributed by atoms with Gasteiger partial charge < -0.3 is 24.6 Å². The molecule has 3 heterocycles. The largest absolute Gasteiger partial charge is 0.497 e. The van der Waals surface area contributed by atoms with Gasteiger partial charge in [0.25, 0.3) is 0 Å². The minimum Gasteiger partial charge on any atom is -0.497 e. The number of rotatable bonds is 6. The summed E-state index contributed by atoms with van der Waals surface area (Å²) in [5.74, 6) is 3.97. The number of anilines is 2. The summed E-state index contributed by atoms with van der Waals surface area (Å²) < 4.78 is 10.7. The van der Waals surface area contributed by atoms with E-state index in [2.05, 4.69) is 24.1 Å². The quantitative estimate of drug-likeness (QED) is 0.496. The van der Waals surface area contributed by atoms with E-state index in [-0.39, 0.29) is 6.03 Å². The molecular weight excluding hydrogens is 474 g/mol. The number of fused-ring (bicyclic) bond motifs is 3. The molecule has 2 aliphatic rings. The lowest BCUT2D eigenvalue weighted by Crippen LogP contribution is -2.50. The molecule has 0 radical (unpaired) electrons. The van der Waals surface area contributed by atoms with Gasteiger partial charge in [0.1, 0.15) is 28.0 Å². The number of nitrogens with one attached hydrogen (secondary N) is 1. The van der Waals surface area contributed by atoms with E-state index in [1.807, 2.05) is 22.3 Å². The van der Waals surface area contributed by atoms with E-state index in [0.29, 0.717) is 30.3 Å². The van der Waals surface area contributed by atoms with E-state index in [1.54, 1.807) is 26.4 Å². The van der Waals surface area contributed by atoms with Crippen LogP contribution < -0.4 is 19.7 Å². The van der Waals surface area contributed by atoms with Crippen molar-refractivity contribution in [3.8, 4) is 11.5 Å². The molecule has 1 aromatic carbocycles. The van der Waals surface area contributed by atoms with Gasteiger partial charge >= 0.3 is 6.03 Å². The maximum atomic E-state index is 13.1. The number of benzene rings is 1. The molecule has 0 unspecified atom stereocenters. The Kier molecular flexibility index (Phi) is 7.18. The Morgan fingerprint density at radius 3 is 2.69 bits per heavy atom. The normalized spacial score (nSPS) is 17.7. The van der Waals surface area contributed by atoms with Crippen LogP contribution in [0.25, 0.3) is 10.2 Å². The molecule has 2 amide bonds. The summed E-state index contributed by atoms with van der Waals surface area (Å²) in [5.41, 5.74) is 2.09. The van der Waals surface area contributed by atoms with Crippen molar-refractivity contribution in [2.75, 3.05) is 50.6 Å². The Morgan fingerprint density at radius 1 is 1.17 bits per heavy atom. The van der Waals surface area contributed by atoms with Crippen LogP contribution in [-0.4, -0.2) is 61.3 Å². The van der Waals surface area contributed by atoms with Gasteiger partial charge in [0, 0.05) is 43.5 Å². The number of ether oxygens (including phenoxy) is 2. The van der Waals surface area contributed by atoms with Gasteiger partial charge in [-0.15, -0.1) is 11.3 Å². The lowest BCUT2D eigenvalue weighted by atomic mass is 9.89. The van der Waals surface area contributed by atoms with Gasteiger partial charge in [0.05, 0.1) is 25.3 Å². The van der Waals surface area contributed by atoms with E-state index < -0.39 is 0 Å². The van der Waals surface area contributed by atoms with E-state index in [4.69, 9.17) is 19.4 Å². The number of aromatic nitrogens is 2. The van der Waals surface area contributed by atoms with Crippen molar-refractivity contribution in [1.82, 2.24) is 14.9 Å². The summed E-state index contributed by atoms with van der Waals surface area (Å²) in [6, 6.07) is 5.26. The highest BCUT2D eigenvalue weighted by Crippen LogP contribution is 2.41. The van der Waals surface area contributed by atoms with E-state index in [9.17, 15) is 4.79 Å². The van der Waals surface area contributed by atoms with Crippen molar-refractivity contribution >= 4 is 39.1 Å². The fraction of sp³-hybridized carbons (Fsp3) is 0.519. The number of nitrogens with zero attached hydrogens (tertiary/aromatic N) is 4. The highest BCUT2D eigenvalue weighted by molar-refractivity contribution is 7.19. The number of hydrogen-bond acceptors (Lipinski definition) is 7. The third-order valence-corrected chi connectivity index (χ3v) is 8.32. The molecule has 2 aromatic heterocycles. The number of amides is 2. The lowest BCUT2D eigenvalue weighted by Gasteiger charge is -2.36. The van der Waals surface area contributed by atoms with Gasteiger partial charge in [-0.3, -0.25) is 0 Å². The second-order valence-corrected chi connectivity index (χ2v) is 10.8. The molecule has 0 saturated carbocycles. The summed E-state index contributed by atoms with van der Waals surface area (Å²) in [6.45, 7) is 7.25. The van der Waals surface area contributed by atoms with Crippen LogP contribution in [0.15, 0.2) is 18.2 Å². The van der Waals surface area contributed by atoms with Crippen molar-refractivity contribution < 1.29 is 14.3 Å². The van der Waals surface area contributed by atoms with Gasteiger partial charge in [0.2, 0.25) is 0 Å². The monoisotopic (exact) mass is 509 g/mol. The molecule has 36 heavy (non-hydrogen) atoms. The second kappa shape index (κ2) is 10.5. The zero-order valence-corrected chi connectivity index (χ0v) is 22.4. The third-order valence-electron chi connectivity index (χ3n) is 7.17. The van der Waals surface area contributed by atoms with Gasteiger partial charge in [-0.1, -0.05) is 13.8 Å². The molecule has 192 valence electrons. The lowest BCUT2D eigenvalue weighted by molar-refractivity contribution is 0.208.